The van der Waals surface area contributed by atoms with Gasteiger partial charge in [-0.05, 0) is 74.5 Å². The molecule has 56 heavy (non-hydrogen) atoms. The molecule has 4 aromatic rings. The molecular formula is C34H30F12N8O2. The van der Waals surface area contributed by atoms with Crippen LogP contribution in [-0.4, -0.2) is 47.2 Å². The maximum absolute atomic E-state index is 13.1. The first-order valence-electron chi connectivity index (χ1n) is 16.0. The standard InChI is InChI=1S/C34H30F12N8O2/c1-17(49-29(55)51-23-11-19(31(35,36)37)9-20(12-23)32(38,39)40)15-47-27-7-3-5-25(53-27)26-6-4-8-28(54-26)48-16-18(2)50-30(56)52-24-13-21(33(41,42)43)10-22(14-24)34(44,45)46/h3-14,17-18H,15-16H2,1-2H3,(H,47,53)(H,48,54)(H2,49,51,55)(H2,50,52,56)/t17-,18-/m0/s1. The van der Waals surface area contributed by atoms with E-state index in [9.17, 15) is 62.3 Å². The van der Waals surface area contributed by atoms with E-state index in [-0.39, 0.29) is 25.2 Å². The molecule has 6 N–H and O–H groups in total. The Bertz CT molecular complexity index is 1810. The number of anilines is 4. The largest absolute Gasteiger partial charge is 0.416 e. The molecule has 2 aromatic heterocycles. The van der Waals surface area contributed by atoms with Gasteiger partial charge in [-0.15, -0.1) is 0 Å². The van der Waals surface area contributed by atoms with Crippen molar-refractivity contribution in [2.45, 2.75) is 50.6 Å². The van der Waals surface area contributed by atoms with Crippen LogP contribution in [0.3, 0.4) is 0 Å². The highest BCUT2D eigenvalue weighted by Crippen LogP contribution is 2.39. The smallest absolute Gasteiger partial charge is 0.368 e. The fourth-order valence-corrected chi connectivity index (χ4v) is 4.81. The predicted octanol–water partition coefficient (Wildman–Crippen LogP) is 9.46. The minimum atomic E-state index is -5.10. The van der Waals surface area contributed by atoms with Gasteiger partial charge < -0.3 is 31.9 Å². The highest BCUT2D eigenvalue weighted by Gasteiger charge is 2.38. The number of amides is 4. The molecule has 0 unspecified atom stereocenters. The summed E-state index contributed by atoms with van der Waals surface area (Å²) in [5.41, 5.74) is -7.09. The highest BCUT2D eigenvalue weighted by atomic mass is 19.4. The van der Waals surface area contributed by atoms with Crippen molar-refractivity contribution in [1.29, 1.82) is 0 Å². The number of aromatic nitrogens is 2. The van der Waals surface area contributed by atoms with Gasteiger partial charge >= 0.3 is 36.8 Å². The molecule has 302 valence electrons. The Kier molecular flexibility index (Phi) is 12.8. The zero-order chi connectivity index (χ0) is 41.6. The number of hydrogen-bond acceptors (Lipinski definition) is 6. The third kappa shape index (κ3) is 12.5. The SMILES string of the molecule is C[C@@H](CNc1cccc(-c2cccc(NC[C@H](C)NC(=O)Nc3cc(C(F)(F)F)cc(C(F)(F)F)c3)n2)n1)NC(=O)Nc1cc(C(F)(F)F)cc(C(F)(F)F)c1. The highest BCUT2D eigenvalue weighted by molar-refractivity contribution is 5.90. The van der Waals surface area contributed by atoms with Crippen LogP contribution in [0.1, 0.15) is 36.1 Å². The Labute approximate surface area is 309 Å². The first kappa shape index (κ1) is 42.8. The molecule has 2 atom stereocenters. The molecule has 0 saturated carbocycles. The van der Waals surface area contributed by atoms with Crippen molar-refractivity contribution in [2.24, 2.45) is 0 Å². The molecule has 0 bridgehead atoms. The number of carbonyl (C=O) groups is 2. The van der Waals surface area contributed by atoms with Gasteiger partial charge in [-0.1, -0.05) is 12.1 Å². The number of benzene rings is 2. The molecule has 10 nitrogen and oxygen atoms in total. The summed E-state index contributed by atoms with van der Waals surface area (Å²) >= 11 is 0. The van der Waals surface area contributed by atoms with Crippen molar-refractivity contribution in [3.63, 3.8) is 0 Å². The molecule has 2 aromatic carbocycles. The van der Waals surface area contributed by atoms with Gasteiger partial charge in [0.1, 0.15) is 11.6 Å². The molecule has 0 saturated heterocycles. The van der Waals surface area contributed by atoms with Crippen LogP contribution in [0.15, 0.2) is 72.8 Å². The normalized spacial score (nSPS) is 13.3. The topological polar surface area (TPSA) is 132 Å². The summed E-state index contributed by atoms with van der Waals surface area (Å²) in [6.45, 7) is 3.06. The molecule has 0 aliphatic rings. The van der Waals surface area contributed by atoms with E-state index in [1.165, 1.54) is 13.8 Å². The van der Waals surface area contributed by atoms with E-state index in [0.29, 0.717) is 47.3 Å². The fourth-order valence-electron chi connectivity index (χ4n) is 4.81. The molecular weight excluding hydrogens is 780 g/mol. The molecule has 22 heteroatoms. The summed E-state index contributed by atoms with van der Waals surface area (Å²) < 4.78 is 158. The quantitative estimate of drug-likeness (QED) is 0.0838. The first-order valence-corrected chi connectivity index (χ1v) is 16.0. The fraction of sp³-hybridized carbons (Fsp3) is 0.294. The Morgan fingerprint density at radius 3 is 1.11 bits per heavy atom. The number of rotatable bonds is 11. The summed E-state index contributed by atoms with van der Waals surface area (Å²) in [6, 6.07) is 7.41. The Balaban J connectivity index is 1.30. The lowest BCUT2D eigenvalue weighted by atomic mass is 10.1. The molecule has 0 aliphatic heterocycles. The maximum atomic E-state index is 13.1. The summed E-state index contributed by atoms with van der Waals surface area (Å²) in [7, 11) is 0. The van der Waals surface area contributed by atoms with Gasteiger partial charge in [0.2, 0.25) is 0 Å². The van der Waals surface area contributed by atoms with Crippen LogP contribution in [0, 0.1) is 0 Å². The van der Waals surface area contributed by atoms with Gasteiger partial charge in [-0.25, -0.2) is 19.6 Å². The lowest BCUT2D eigenvalue weighted by molar-refractivity contribution is -0.144. The zero-order valence-electron chi connectivity index (χ0n) is 28.7. The lowest BCUT2D eigenvalue weighted by Crippen LogP contribution is -2.40. The summed E-state index contributed by atoms with van der Waals surface area (Å²) in [5.74, 6) is 0.604. The Morgan fingerprint density at radius 1 is 0.518 bits per heavy atom. The van der Waals surface area contributed by atoms with Crippen molar-refractivity contribution in [2.75, 3.05) is 34.4 Å². The van der Waals surface area contributed by atoms with Crippen LogP contribution in [-0.2, 0) is 24.7 Å². The van der Waals surface area contributed by atoms with Crippen LogP contribution < -0.4 is 31.9 Å². The van der Waals surface area contributed by atoms with Crippen LogP contribution in [0.4, 0.5) is 85.3 Å². The second kappa shape index (κ2) is 16.8. The van der Waals surface area contributed by atoms with E-state index >= 15 is 0 Å². The van der Waals surface area contributed by atoms with E-state index in [1.54, 1.807) is 36.4 Å². The molecule has 4 amide bonds. The molecule has 4 rings (SSSR count). The maximum Gasteiger partial charge on any atom is 0.416 e. The van der Waals surface area contributed by atoms with Crippen molar-refractivity contribution in [3.8, 4) is 11.4 Å². The number of alkyl halides is 12. The summed E-state index contributed by atoms with van der Waals surface area (Å²) in [4.78, 5) is 33.7. The number of carbonyl (C=O) groups excluding carboxylic acids is 2. The van der Waals surface area contributed by atoms with Crippen molar-refractivity contribution in [1.82, 2.24) is 20.6 Å². The Morgan fingerprint density at radius 2 is 0.821 bits per heavy atom. The number of hydrogen-bond donors (Lipinski definition) is 6. The second-order valence-electron chi connectivity index (χ2n) is 12.2. The zero-order valence-corrected chi connectivity index (χ0v) is 28.7. The van der Waals surface area contributed by atoms with Gasteiger partial charge in [-0.3, -0.25) is 0 Å². The number of pyridine rings is 2. The number of nitrogens with zero attached hydrogens (tertiary/aromatic N) is 2. The molecule has 2 heterocycles. The number of nitrogens with one attached hydrogen (secondary N) is 6. The molecule has 0 radical (unpaired) electrons. The minimum Gasteiger partial charge on any atom is -0.368 e. The monoisotopic (exact) mass is 810 g/mol. The van der Waals surface area contributed by atoms with E-state index in [2.05, 4.69) is 31.2 Å². The lowest BCUT2D eigenvalue weighted by Gasteiger charge is -2.18. The van der Waals surface area contributed by atoms with E-state index < -0.39 is 82.5 Å². The molecule has 0 fully saturated rings. The van der Waals surface area contributed by atoms with E-state index in [4.69, 9.17) is 0 Å². The van der Waals surface area contributed by atoms with Gasteiger partial charge in [0, 0.05) is 36.5 Å². The first-order chi connectivity index (χ1) is 25.9. The Hall–Kier alpha value is -5.96. The van der Waals surface area contributed by atoms with Crippen LogP contribution in [0.2, 0.25) is 0 Å². The van der Waals surface area contributed by atoms with Crippen LogP contribution in [0.5, 0.6) is 0 Å². The average molecular weight is 811 g/mol. The number of urea groups is 2. The third-order valence-electron chi connectivity index (χ3n) is 7.39. The van der Waals surface area contributed by atoms with Gasteiger partial charge in [-0.2, -0.15) is 52.7 Å². The van der Waals surface area contributed by atoms with Gasteiger partial charge in [0.15, 0.2) is 0 Å². The minimum absolute atomic E-state index is 0.0189. The van der Waals surface area contributed by atoms with E-state index in [1.807, 2.05) is 10.6 Å². The van der Waals surface area contributed by atoms with Crippen LogP contribution in [0.25, 0.3) is 11.4 Å². The van der Waals surface area contributed by atoms with Crippen molar-refractivity contribution >= 4 is 35.1 Å². The van der Waals surface area contributed by atoms with E-state index in [0.717, 1.165) is 0 Å². The van der Waals surface area contributed by atoms with Crippen molar-refractivity contribution < 1.29 is 62.3 Å². The summed E-state index contributed by atoms with van der Waals surface area (Å²) in [6.07, 6.45) is -20.4. The molecule has 0 spiro atoms. The predicted molar refractivity (Wildman–Crippen MR) is 181 cm³/mol. The second-order valence-corrected chi connectivity index (χ2v) is 12.2. The third-order valence-corrected chi connectivity index (χ3v) is 7.39. The van der Waals surface area contributed by atoms with Crippen molar-refractivity contribution in [3.05, 3.63) is 95.1 Å². The summed E-state index contributed by atoms with van der Waals surface area (Å²) in [5, 5.41) is 14.6. The number of halogens is 12. The van der Waals surface area contributed by atoms with Crippen LogP contribution >= 0.6 is 0 Å². The van der Waals surface area contributed by atoms with Gasteiger partial charge in [0.25, 0.3) is 0 Å². The molecule has 0 aliphatic carbocycles. The average Bonchev–Trinajstić information content (AvgIpc) is 3.08. The van der Waals surface area contributed by atoms with Gasteiger partial charge in [0.05, 0.1) is 33.6 Å².